The first kappa shape index (κ1) is 19.4. The molecule has 22 heavy (non-hydrogen) atoms. The molecule has 0 aromatic heterocycles. The summed E-state index contributed by atoms with van der Waals surface area (Å²) >= 11 is 8.46. The lowest BCUT2D eigenvalue weighted by atomic mass is 9.79. The van der Waals surface area contributed by atoms with E-state index in [-0.39, 0.29) is 5.41 Å². The molecule has 1 aliphatic carbocycles. The van der Waals surface area contributed by atoms with Gasteiger partial charge in [0, 0.05) is 19.5 Å². The zero-order valence-corrected chi connectivity index (χ0v) is 15.6. The van der Waals surface area contributed by atoms with Gasteiger partial charge < -0.3 is 4.90 Å². The lowest BCUT2D eigenvalue weighted by molar-refractivity contribution is -0.127. The largest absolute Gasteiger partial charge is 0.364 e. The summed E-state index contributed by atoms with van der Waals surface area (Å²) in [5.41, 5.74) is -0.258. The lowest BCUT2D eigenvalue weighted by Crippen LogP contribution is -2.40. The third kappa shape index (κ3) is 6.63. The second kappa shape index (κ2) is 9.48. The summed E-state index contributed by atoms with van der Waals surface area (Å²) in [5, 5.41) is 0. The van der Waals surface area contributed by atoms with E-state index < -0.39 is 0 Å². The molecule has 124 valence electrons. The Bertz CT molecular complexity index is 440. The van der Waals surface area contributed by atoms with Crippen molar-refractivity contribution in [2.24, 2.45) is 5.41 Å². The molecule has 0 saturated carbocycles. The summed E-state index contributed by atoms with van der Waals surface area (Å²) in [7, 11) is 3.71. The van der Waals surface area contributed by atoms with Crippen LogP contribution in [0.5, 0.6) is 0 Å². The number of Topliss-reactive ketones (excluding diaryl/α,β-unsaturated/α-hetero) is 1. The van der Waals surface area contributed by atoms with Crippen LogP contribution in [0.2, 0.25) is 0 Å². The Balaban J connectivity index is 0.000000346. The molecule has 1 aliphatic heterocycles. The summed E-state index contributed by atoms with van der Waals surface area (Å²) < 4.78 is 0.620. The Kier molecular flexibility index (Phi) is 8.36. The number of thiol groups is 1. The molecule has 1 heterocycles. The number of likely N-dealkylation sites (tertiary alicyclic amines) is 1. The van der Waals surface area contributed by atoms with Gasteiger partial charge in [-0.25, -0.2) is 0 Å². The van der Waals surface area contributed by atoms with Crippen molar-refractivity contribution in [1.82, 2.24) is 9.80 Å². The van der Waals surface area contributed by atoms with Crippen LogP contribution in [0.1, 0.15) is 32.6 Å². The fourth-order valence-electron chi connectivity index (χ4n) is 2.44. The van der Waals surface area contributed by atoms with Crippen molar-refractivity contribution < 1.29 is 4.79 Å². The maximum absolute atomic E-state index is 12.3. The van der Waals surface area contributed by atoms with Gasteiger partial charge >= 0.3 is 0 Å². The normalized spacial score (nSPS) is 24.4. The molecule has 0 bridgehead atoms. The lowest BCUT2D eigenvalue weighted by Gasteiger charge is -2.31. The van der Waals surface area contributed by atoms with Gasteiger partial charge in [-0.05, 0) is 39.3 Å². The number of piperidine rings is 1. The smallest absolute Gasteiger partial charge is 0.156 e. The number of carbonyl (C=O) groups excluding carboxylic acids is 1. The van der Waals surface area contributed by atoms with E-state index in [0.29, 0.717) is 16.6 Å². The first-order chi connectivity index (χ1) is 10.3. The van der Waals surface area contributed by atoms with Crippen LogP contribution in [0.3, 0.4) is 0 Å². The first-order valence-electron chi connectivity index (χ1n) is 7.85. The molecule has 2 rings (SSSR count). The van der Waals surface area contributed by atoms with Crippen LogP contribution in [0, 0.1) is 5.41 Å². The minimum absolute atomic E-state index is 0.258. The van der Waals surface area contributed by atoms with Crippen molar-refractivity contribution in [3.8, 4) is 0 Å². The Morgan fingerprint density at radius 1 is 1.27 bits per heavy atom. The zero-order valence-electron chi connectivity index (χ0n) is 13.9. The maximum atomic E-state index is 12.3. The van der Waals surface area contributed by atoms with Crippen molar-refractivity contribution >= 4 is 35.0 Å². The highest BCUT2D eigenvalue weighted by molar-refractivity contribution is 8.10. The fourth-order valence-corrected chi connectivity index (χ4v) is 2.44. The number of carbonyl (C=O) groups is 1. The molecule has 0 aromatic carbocycles. The SMILES string of the molecule is CC1(C(=O)CN2CCCCC2)C=CC=CC1.CN(C)C(=S)S. The standard InChI is InChI=1S/C14H21NO.C3H7NS2/c1-14(8-4-2-5-9-14)13(16)12-15-10-6-3-7-11-15;1-4(2)3(5)6/h2,4-5,8H,3,6-7,9-12H2,1H3;1-2H3,(H,5,6). The molecule has 0 spiro atoms. The van der Waals surface area contributed by atoms with Crippen molar-refractivity contribution in [3.63, 3.8) is 0 Å². The fraction of sp³-hybridized carbons (Fsp3) is 0.647. The van der Waals surface area contributed by atoms with E-state index in [2.05, 4.69) is 48.8 Å². The van der Waals surface area contributed by atoms with Gasteiger partial charge in [0.15, 0.2) is 5.78 Å². The second-order valence-electron chi connectivity index (χ2n) is 6.35. The van der Waals surface area contributed by atoms with Gasteiger partial charge in [0.1, 0.15) is 4.32 Å². The summed E-state index contributed by atoms with van der Waals surface area (Å²) in [5.74, 6) is 0.370. The van der Waals surface area contributed by atoms with Crippen molar-refractivity contribution in [2.45, 2.75) is 32.6 Å². The van der Waals surface area contributed by atoms with E-state index in [1.807, 2.05) is 26.2 Å². The maximum Gasteiger partial charge on any atom is 0.156 e. The van der Waals surface area contributed by atoms with Gasteiger partial charge in [0.25, 0.3) is 0 Å². The summed E-state index contributed by atoms with van der Waals surface area (Å²) in [6, 6.07) is 0. The molecule has 0 radical (unpaired) electrons. The molecule has 3 nitrogen and oxygen atoms in total. The number of ketones is 1. The molecule has 5 heteroatoms. The molecule has 0 aromatic rings. The molecule has 0 amide bonds. The minimum atomic E-state index is -0.258. The number of hydrogen-bond donors (Lipinski definition) is 1. The molecular weight excluding hydrogens is 312 g/mol. The number of thiocarbonyl (C=S) groups is 1. The van der Waals surface area contributed by atoms with Crippen LogP contribution in [-0.2, 0) is 4.79 Å². The number of nitrogens with zero attached hydrogens (tertiary/aromatic N) is 2. The molecular formula is C17H28N2OS2. The predicted octanol–water partition coefficient (Wildman–Crippen LogP) is 3.33. The number of rotatable bonds is 3. The van der Waals surface area contributed by atoms with Gasteiger partial charge in [-0.15, -0.1) is 12.6 Å². The van der Waals surface area contributed by atoms with Gasteiger partial charge in [-0.3, -0.25) is 9.69 Å². The Morgan fingerprint density at radius 3 is 2.32 bits per heavy atom. The predicted molar refractivity (Wildman–Crippen MR) is 102 cm³/mol. The van der Waals surface area contributed by atoms with Gasteiger partial charge in [0.05, 0.1) is 6.54 Å². The van der Waals surface area contributed by atoms with Crippen LogP contribution in [0.25, 0.3) is 0 Å². The highest BCUT2D eigenvalue weighted by Crippen LogP contribution is 2.28. The van der Waals surface area contributed by atoms with E-state index in [1.54, 1.807) is 4.90 Å². The van der Waals surface area contributed by atoms with Crippen molar-refractivity contribution in [3.05, 3.63) is 24.3 Å². The third-order valence-corrected chi connectivity index (χ3v) is 4.85. The van der Waals surface area contributed by atoms with E-state index in [0.717, 1.165) is 19.5 Å². The number of allylic oxidation sites excluding steroid dienone is 4. The van der Waals surface area contributed by atoms with E-state index in [1.165, 1.54) is 19.3 Å². The van der Waals surface area contributed by atoms with Gasteiger partial charge in [-0.1, -0.05) is 42.9 Å². The molecule has 0 N–H and O–H groups in total. The molecule has 1 atom stereocenters. The summed E-state index contributed by atoms with van der Waals surface area (Å²) in [6.45, 7) is 4.89. The Hall–Kier alpha value is -0.650. The Labute approximate surface area is 145 Å². The second-order valence-corrected chi connectivity index (χ2v) is 7.46. The molecule has 1 unspecified atom stereocenters. The van der Waals surface area contributed by atoms with E-state index >= 15 is 0 Å². The van der Waals surface area contributed by atoms with Crippen LogP contribution in [0.15, 0.2) is 24.3 Å². The molecule has 2 aliphatic rings. The third-order valence-electron chi connectivity index (χ3n) is 4.09. The topological polar surface area (TPSA) is 23.6 Å². The van der Waals surface area contributed by atoms with Gasteiger partial charge in [0.2, 0.25) is 0 Å². The Morgan fingerprint density at radius 2 is 1.86 bits per heavy atom. The monoisotopic (exact) mass is 340 g/mol. The first-order valence-corrected chi connectivity index (χ1v) is 8.71. The average Bonchev–Trinajstić information content (AvgIpc) is 2.49. The van der Waals surface area contributed by atoms with Crippen LogP contribution >= 0.6 is 24.8 Å². The van der Waals surface area contributed by atoms with Crippen molar-refractivity contribution in [2.75, 3.05) is 33.7 Å². The van der Waals surface area contributed by atoms with Crippen LogP contribution in [0.4, 0.5) is 0 Å². The van der Waals surface area contributed by atoms with E-state index in [4.69, 9.17) is 0 Å². The highest BCUT2D eigenvalue weighted by atomic mass is 32.1. The minimum Gasteiger partial charge on any atom is -0.364 e. The molecule has 1 saturated heterocycles. The number of hydrogen-bond acceptors (Lipinski definition) is 3. The van der Waals surface area contributed by atoms with Gasteiger partial charge in [-0.2, -0.15) is 0 Å². The average molecular weight is 341 g/mol. The van der Waals surface area contributed by atoms with E-state index in [9.17, 15) is 4.79 Å². The quantitative estimate of drug-likeness (QED) is 0.629. The summed E-state index contributed by atoms with van der Waals surface area (Å²) in [4.78, 5) is 16.3. The van der Waals surface area contributed by atoms with Crippen molar-refractivity contribution in [1.29, 1.82) is 0 Å². The summed E-state index contributed by atoms with van der Waals surface area (Å²) in [6.07, 6.45) is 12.8. The molecule has 1 fully saturated rings. The zero-order chi connectivity index (χ0) is 16.6. The van der Waals surface area contributed by atoms with Crippen LogP contribution in [-0.4, -0.2) is 53.6 Å². The highest BCUT2D eigenvalue weighted by Gasteiger charge is 2.31. The van der Waals surface area contributed by atoms with Crippen LogP contribution < -0.4 is 0 Å².